The average Bonchev–Trinajstić information content (AvgIpc) is 2.50. The van der Waals surface area contributed by atoms with Gasteiger partial charge >= 0.3 is 0 Å². The molecule has 1 N–H and O–H groups in total. The molecule has 0 saturated carbocycles. The van der Waals surface area contributed by atoms with Crippen molar-refractivity contribution in [2.45, 2.75) is 13.2 Å². The Labute approximate surface area is 64.6 Å². The molecule has 2 heterocycles. The van der Waals surface area contributed by atoms with Gasteiger partial charge < -0.3 is 10.1 Å². The van der Waals surface area contributed by atoms with Gasteiger partial charge in [0, 0.05) is 18.8 Å². The van der Waals surface area contributed by atoms with E-state index in [2.05, 4.69) is 15.3 Å². The molecule has 4 heteroatoms. The molecule has 0 aliphatic carbocycles. The molecule has 0 radical (unpaired) electrons. The number of rotatable bonds is 1. The summed E-state index contributed by atoms with van der Waals surface area (Å²) in [6.07, 6.45) is 1.81. The van der Waals surface area contributed by atoms with E-state index in [-0.39, 0.29) is 0 Å². The van der Waals surface area contributed by atoms with E-state index in [4.69, 9.17) is 4.74 Å². The zero-order valence-electron chi connectivity index (χ0n) is 6.29. The van der Waals surface area contributed by atoms with Crippen LogP contribution in [0.1, 0.15) is 11.3 Å². The molecule has 58 valence electrons. The van der Waals surface area contributed by atoms with E-state index >= 15 is 0 Å². The van der Waals surface area contributed by atoms with Crippen molar-refractivity contribution >= 4 is 5.95 Å². The van der Waals surface area contributed by atoms with Gasteiger partial charge in [0.1, 0.15) is 0 Å². The molecule has 4 nitrogen and oxygen atoms in total. The summed E-state index contributed by atoms with van der Waals surface area (Å²) in [6.45, 7) is 1.27. The van der Waals surface area contributed by atoms with Gasteiger partial charge in [-0.3, -0.25) is 0 Å². The SMILES string of the molecule is CNc1ncc2c(n1)COC2. The van der Waals surface area contributed by atoms with Crippen molar-refractivity contribution in [2.24, 2.45) is 0 Å². The van der Waals surface area contributed by atoms with Gasteiger partial charge in [0.15, 0.2) is 0 Å². The summed E-state index contributed by atoms with van der Waals surface area (Å²) in [5.41, 5.74) is 2.10. The highest BCUT2D eigenvalue weighted by Crippen LogP contribution is 2.16. The molecular weight excluding hydrogens is 142 g/mol. The molecule has 0 saturated heterocycles. The Morgan fingerprint density at radius 3 is 3.27 bits per heavy atom. The Morgan fingerprint density at radius 1 is 1.55 bits per heavy atom. The molecular formula is C7H9N3O. The maximum Gasteiger partial charge on any atom is 0.222 e. The minimum Gasteiger partial charge on any atom is -0.370 e. The largest absolute Gasteiger partial charge is 0.370 e. The lowest BCUT2D eigenvalue weighted by Crippen LogP contribution is -1.99. The third kappa shape index (κ3) is 1.05. The molecule has 0 aromatic carbocycles. The van der Waals surface area contributed by atoms with E-state index < -0.39 is 0 Å². The van der Waals surface area contributed by atoms with E-state index in [1.807, 2.05) is 0 Å². The van der Waals surface area contributed by atoms with Crippen molar-refractivity contribution in [1.29, 1.82) is 0 Å². The van der Waals surface area contributed by atoms with Crippen LogP contribution in [0.5, 0.6) is 0 Å². The summed E-state index contributed by atoms with van der Waals surface area (Å²) in [5, 5.41) is 2.88. The van der Waals surface area contributed by atoms with Crippen LogP contribution in [0.4, 0.5) is 5.95 Å². The minimum atomic E-state index is 0.618. The van der Waals surface area contributed by atoms with Crippen molar-refractivity contribution in [3.63, 3.8) is 0 Å². The monoisotopic (exact) mass is 151 g/mol. The minimum absolute atomic E-state index is 0.618. The van der Waals surface area contributed by atoms with E-state index in [0.717, 1.165) is 11.3 Å². The molecule has 0 spiro atoms. The summed E-state index contributed by atoms with van der Waals surface area (Å²) < 4.78 is 5.18. The number of anilines is 1. The first kappa shape index (κ1) is 6.54. The van der Waals surface area contributed by atoms with Crippen LogP contribution in [0.3, 0.4) is 0 Å². The molecule has 1 aliphatic heterocycles. The summed E-state index contributed by atoms with van der Waals surface area (Å²) >= 11 is 0. The Balaban J connectivity index is 2.41. The fourth-order valence-electron chi connectivity index (χ4n) is 1.07. The normalized spacial score (nSPS) is 14.6. The van der Waals surface area contributed by atoms with Crippen LogP contribution >= 0.6 is 0 Å². The lowest BCUT2D eigenvalue weighted by Gasteiger charge is -1.98. The van der Waals surface area contributed by atoms with E-state index in [1.165, 1.54) is 0 Å². The number of hydrogen-bond acceptors (Lipinski definition) is 4. The molecule has 0 amide bonds. The summed E-state index contributed by atoms with van der Waals surface area (Å²) in [5.74, 6) is 0.661. The zero-order chi connectivity index (χ0) is 7.68. The standard InChI is InChI=1S/C7H9N3O/c1-8-7-9-2-5-3-11-4-6(5)10-7/h2H,3-4H2,1H3,(H,8,9,10). The Morgan fingerprint density at radius 2 is 2.45 bits per heavy atom. The Hall–Kier alpha value is -1.16. The first-order valence-electron chi connectivity index (χ1n) is 3.50. The number of nitrogens with one attached hydrogen (secondary N) is 1. The first-order chi connectivity index (χ1) is 5.40. The van der Waals surface area contributed by atoms with Crippen LogP contribution in [0.25, 0.3) is 0 Å². The van der Waals surface area contributed by atoms with Crippen LogP contribution in [-0.4, -0.2) is 17.0 Å². The summed E-state index contributed by atoms with van der Waals surface area (Å²) in [6, 6.07) is 0. The summed E-state index contributed by atoms with van der Waals surface area (Å²) in [7, 11) is 1.80. The molecule has 11 heavy (non-hydrogen) atoms. The predicted molar refractivity (Wildman–Crippen MR) is 40.1 cm³/mol. The molecule has 2 rings (SSSR count). The highest BCUT2D eigenvalue weighted by atomic mass is 16.5. The van der Waals surface area contributed by atoms with Gasteiger partial charge in [0.05, 0.1) is 18.9 Å². The van der Waals surface area contributed by atoms with Crippen molar-refractivity contribution in [3.05, 3.63) is 17.5 Å². The Bertz CT molecular complexity index is 274. The number of fused-ring (bicyclic) bond motifs is 1. The number of ether oxygens (including phenoxy) is 1. The second kappa shape index (κ2) is 2.47. The second-order valence-electron chi connectivity index (χ2n) is 2.41. The highest BCUT2D eigenvalue weighted by Gasteiger charge is 2.12. The second-order valence-corrected chi connectivity index (χ2v) is 2.41. The maximum absolute atomic E-state index is 5.18. The highest BCUT2D eigenvalue weighted by molar-refractivity contribution is 5.29. The molecule has 0 atom stereocenters. The lowest BCUT2D eigenvalue weighted by atomic mass is 10.3. The van der Waals surface area contributed by atoms with Gasteiger partial charge in [0.25, 0.3) is 0 Å². The smallest absolute Gasteiger partial charge is 0.222 e. The van der Waals surface area contributed by atoms with Crippen molar-refractivity contribution in [2.75, 3.05) is 12.4 Å². The van der Waals surface area contributed by atoms with Crippen LogP contribution in [0.2, 0.25) is 0 Å². The quantitative estimate of drug-likeness (QED) is 0.636. The van der Waals surface area contributed by atoms with Gasteiger partial charge in [-0.2, -0.15) is 0 Å². The first-order valence-corrected chi connectivity index (χ1v) is 3.50. The molecule has 1 aliphatic rings. The van der Waals surface area contributed by atoms with Gasteiger partial charge in [-0.05, 0) is 0 Å². The van der Waals surface area contributed by atoms with Crippen LogP contribution in [-0.2, 0) is 18.0 Å². The van der Waals surface area contributed by atoms with Crippen molar-refractivity contribution in [3.8, 4) is 0 Å². The van der Waals surface area contributed by atoms with E-state index in [0.29, 0.717) is 19.2 Å². The third-order valence-corrected chi connectivity index (χ3v) is 1.67. The van der Waals surface area contributed by atoms with Gasteiger partial charge in [-0.25, -0.2) is 9.97 Å². The van der Waals surface area contributed by atoms with Crippen LogP contribution in [0, 0.1) is 0 Å². The van der Waals surface area contributed by atoms with Gasteiger partial charge in [-0.1, -0.05) is 0 Å². The number of hydrogen-bond donors (Lipinski definition) is 1. The fourth-order valence-corrected chi connectivity index (χ4v) is 1.07. The van der Waals surface area contributed by atoms with Crippen molar-refractivity contribution < 1.29 is 4.74 Å². The molecule has 1 aromatic heterocycles. The molecule has 1 aromatic rings. The predicted octanol–water partition coefficient (Wildman–Crippen LogP) is 0.548. The molecule has 0 unspecified atom stereocenters. The third-order valence-electron chi connectivity index (χ3n) is 1.67. The average molecular weight is 151 g/mol. The topological polar surface area (TPSA) is 47.0 Å². The summed E-state index contributed by atoms with van der Waals surface area (Å²) in [4.78, 5) is 8.29. The van der Waals surface area contributed by atoms with Crippen molar-refractivity contribution in [1.82, 2.24) is 9.97 Å². The van der Waals surface area contributed by atoms with E-state index in [1.54, 1.807) is 13.2 Å². The van der Waals surface area contributed by atoms with Gasteiger partial charge in [-0.15, -0.1) is 0 Å². The van der Waals surface area contributed by atoms with Crippen LogP contribution in [0.15, 0.2) is 6.20 Å². The molecule has 0 fully saturated rings. The number of nitrogens with zero attached hydrogens (tertiary/aromatic N) is 2. The molecule has 0 bridgehead atoms. The van der Waals surface area contributed by atoms with Crippen LogP contribution < -0.4 is 5.32 Å². The Kier molecular flexibility index (Phi) is 1.47. The number of aromatic nitrogens is 2. The zero-order valence-corrected chi connectivity index (χ0v) is 6.29. The van der Waals surface area contributed by atoms with E-state index in [9.17, 15) is 0 Å². The fraction of sp³-hybridized carbons (Fsp3) is 0.429. The maximum atomic E-state index is 5.18. The van der Waals surface area contributed by atoms with Gasteiger partial charge in [0.2, 0.25) is 5.95 Å². The lowest BCUT2D eigenvalue weighted by molar-refractivity contribution is 0.133.